The summed E-state index contributed by atoms with van der Waals surface area (Å²) in [5.74, 6) is -0.635. The van der Waals surface area contributed by atoms with Crippen LogP contribution in [0.15, 0.2) is 72.9 Å². The number of carboxylic acid groups (broad SMARTS) is 1. The molecule has 120 valence electrons. The van der Waals surface area contributed by atoms with Crippen LogP contribution in [0.25, 0.3) is 0 Å². The molecule has 2 aromatic carbocycles. The Morgan fingerprint density at radius 2 is 1.42 bits per heavy atom. The van der Waals surface area contributed by atoms with Gasteiger partial charge < -0.3 is 10.0 Å². The molecule has 0 unspecified atom stereocenters. The number of aromatic nitrogens is 2. The Labute approximate surface area is 140 Å². The first-order valence-corrected chi connectivity index (χ1v) is 7.62. The molecule has 1 aromatic heterocycles. The van der Waals surface area contributed by atoms with Gasteiger partial charge in [-0.15, -0.1) is 5.10 Å². The lowest BCUT2D eigenvalue weighted by Gasteiger charge is -2.24. The summed E-state index contributed by atoms with van der Waals surface area (Å²) >= 11 is 0. The van der Waals surface area contributed by atoms with Gasteiger partial charge in [-0.1, -0.05) is 60.7 Å². The second-order valence-corrected chi connectivity index (χ2v) is 5.40. The fourth-order valence-electron chi connectivity index (χ4n) is 2.54. The first-order chi connectivity index (χ1) is 11.7. The molecule has 0 amide bonds. The number of rotatable bonds is 6. The van der Waals surface area contributed by atoms with E-state index in [1.807, 2.05) is 65.6 Å². The third kappa shape index (κ3) is 3.76. The molecule has 3 aromatic rings. The van der Waals surface area contributed by atoms with E-state index in [9.17, 15) is 9.90 Å². The van der Waals surface area contributed by atoms with E-state index in [1.54, 1.807) is 0 Å². The van der Waals surface area contributed by atoms with Crippen molar-refractivity contribution in [3.63, 3.8) is 0 Å². The van der Waals surface area contributed by atoms with Crippen molar-refractivity contribution in [2.75, 3.05) is 4.90 Å². The molecule has 24 heavy (non-hydrogen) atoms. The molecule has 3 rings (SSSR count). The topological polar surface area (TPSA) is 66.3 Å². The molecule has 0 atom stereocenters. The molecule has 0 saturated heterocycles. The van der Waals surface area contributed by atoms with Gasteiger partial charge in [-0.2, -0.15) is 5.10 Å². The van der Waals surface area contributed by atoms with Crippen LogP contribution in [0, 0.1) is 0 Å². The highest BCUT2D eigenvalue weighted by Gasteiger charge is 2.18. The first-order valence-electron chi connectivity index (χ1n) is 7.62. The van der Waals surface area contributed by atoms with Gasteiger partial charge in [0, 0.05) is 13.1 Å². The predicted octanol–water partition coefficient (Wildman–Crippen LogP) is 3.38. The Morgan fingerprint density at radius 3 is 1.92 bits per heavy atom. The minimum atomic E-state index is -1.01. The molecule has 0 radical (unpaired) electrons. The van der Waals surface area contributed by atoms with Gasteiger partial charge in [0.1, 0.15) is 5.56 Å². The zero-order valence-corrected chi connectivity index (χ0v) is 13.0. The van der Waals surface area contributed by atoms with Crippen molar-refractivity contribution >= 4 is 11.8 Å². The molecule has 0 fully saturated rings. The summed E-state index contributed by atoms with van der Waals surface area (Å²) in [5.41, 5.74) is 2.31. The molecule has 0 saturated carbocycles. The van der Waals surface area contributed by atoms with E-state index >= 15 is 0 Å². The fraction of sp³-hybridized carbons (Fsp3) is 0.105. The Balaban J connectivity index is 1.97. The van der Waals surface area contributed by atoms with Crippen LogP contribution in [-0.2, 0) is 13.1 Å². The maximum atomic E-state index is 11.5. The number of anilines is 1. The van der Waals surface area contributed by atoms with E-state index < -0.39 is 5.97 Å². The maximum absolute atomic E-state index is 11.5. The number of carboxylic acids is 1. The highest BCUT2D eigenvalue weighted by atomic mass is 16.4. The minimum absolute atomic E-state index is 0.150. The number of nitrogens with zero attached hydrogens (tertiary/aromatic N) is 3. The molecular formula is C19H17N3O2. The molecule has 0 aliphatic heterocycles. The summed E-state index contributed by atoms with van der Waals surface area (Å²) in [4.78, 5) is 13.5. The van der Waals surface area contributed by atoms with E-state index in [2.05, 4.69) is 10.2 Å². The lowest BCUT2D eigenvalue weighted by molar-refractivity contribution is 0.0697. The SMILES string of the molecule is O=C(O)c1ccnnc1N(Cc1ccccc1)Cc1ccccc1. The number of hydrogen-bond donors (Lipinski definition) is 1. The highest BCUT2D eigenvalue weighted by molar-refractivity contribution is 5.93. The molecule has 0 spiro atoms. The molecular weight excluding hydrogens is 302 g/mol. The number of hydrogen-bond acceptors (Lipinski definition) is 4. The van der Waals surface area contributed by atoms with Gasteiger partial charge in [0.15, 0.2) is 5.82 Å². The van der Waals surface area contributed by atoms with Crippen molar-refractivity contribution in [2.45, 2.75) is 13.1 Å². The Kier molecular flexibility index (Phi) is 4.81. The second-order valence-electron chi connectivity index (χ2n) is 5.40. The monoisotopic (exact) mass is 319 g/mol. The van der Waals surface area contributed by atoms with E-state index in [0.29, 0.717) is 18.9 Å². The van der Waals surface area contributed by atoms with E-state index in [-0.39, 0.29) is 5.56 Å². The molecule has 0 aliphatic rings. The van der Waals surface area contributed by atoms with Gasteiger partial charge >= 0.3 is 5.97 Å². The van der Waals surface area contributed by atoms with Crippen LogP contribution >= 0.6 is 0 Å². The molecule has 1 heterocycles. The lowest BCUT2D eigenvalue weighted by Crippen LogP contribution is -2.25. The van der Waals surface area contributed by atoms with Crippen LogP contribution in [0.4, 0.5) is 5.82 Å². The van der Waals surface area contributed by atoms with E-state index in [0.717, 1.165) is 11.1 Å². The Hall–Kier alpha value is -3.21. The van der Waals surface area contributed by atoms with Crippen LogP contribution in [0.3, 0.4) is 0 Å². The summed E-state index contributed by atoms with van der Waals surface area (Å²) < 4.78 is 0. The fourth-order valence-corrected chi connectivity index (χ4v) is 2.54. The highest BCUT2D eigenvalue weighted by Crippen LogP contribution is 2.21. The van der Waals surface area contributed by atoms with Crippen LogP contribution < -0.4 is 4.90 Å². The molecule has 0 bridgehead atoms. The number of benzene rings is 2. The van der Waals surface area contributed by atoms with E-state index in [1.165, 1.54) is 12.3 Å². The summed E-state index contributed by atoms with van der Waals surface area (Å²) in [6.45, 7) is 1.10. The van der Waals surface area contributed by atoms with Gasteiger partial charge in [-0.3, -0.25) is 0 Å². The van der Waals surface area contributed by atoms with Crippen molar-refractivity contribution in [1.29, 1.82) is 0 Å². The average Bonchev–Trinajstić information content (AvgIpc) is 2.63. The Morgan fingerprint density at radius 1 is 0.875 bits per heavy atom. The number of aromatic carboxylic acids is 1. The summed E-state index contributed by atoms with van der Waals surface area (Å²) in [6.07, 6.45) is 1.40. The molecule has 0 aliphatic carbocycles. The normalized spacial score (nSPS) is 10.3. The maximum Gasteiger partial charge on any atom is 0.339 e. The van der Waals surface area contributed by atoms with Crippen molar-refractivity contribution in [1.82, 2.24) is 10.2 Å². The van der Waals surface area contributed by atoms with Crippen molar-refractivity contribution < 1.29 is 9.90 Å². The van der Waals surface area contributed by atoms with Crippen molar-refractivity contribution in [2.24, 2.45) is 0 Å². The quantitative estimate of drug-likeness (QED) is 0.754. The molecule has 1 N–H and O–H groups in total. The standard InChI is InChI=1S/C19H17N3O2/c23-19(24)17-11-12-20-21-18(17)22(13-15-7-3-1-4-8-15)14-16-9-5-2-6-10-16/h1-12H,13-14H2,(H,23,24). The van der Waals surface area contributed by atoms with Gasteiger partial charge in [0.2, 0.25) is 0 Å². The van der Waals surface area contributed by atoms with Gasteiger partial charge in [-0.05, 0) is 17.2 Å². The lowest BCUT2D eigenvalue weighted by atomic mass is 10.1. The minimum Gasteiger partial charge on any atom is -0.478 e. The second kappa shape index (κ2) is 7.37. The summed E-state index contributed by atoms with van der Waals surface area (Å²) in [6, 6.07) is 21.3. The zero-order chi connectivity index (χ0) is 16.8. The third-order valence-corrected chi connectivity index (χ3v) is 3.66. The molecule has 5 nitrogen and oxygen atoms in total. The average molecular weight is 319 g/mol. The smallest absolute Gasteiger partial charge is 0.339 e. The van der Waals surface area contributed by atoms with Crippen LogP contribution in [0.2, 0.25) is 0 Å². The van der Waals surface area contributed by atoms with Crippen LogP contribution in [0.1, 0.15) is 21.5 Å². The molecule has 5 heteroatoms. The Bertz CT molecular complexity index is 766. The predicted molar refractivity (Wildman–Crippen MR) is 91.8 cm³/mol. The van der Waals surface area contributed by atoms with Crippen molar-refractivity contribution in [3.05, 3.63) is 89.6 Å². The summed E-state index contributed by atoms with van der Waals surface area (Å²) in [7, 11) is 0. The van der Waals surface area contributed by atoms with Crippen molar-refractivity contribution in [3.8, 4) is 0 Å². The van der Waals surface area contributed by atoms with E-state index in [4.69, 9.17) is 0 Å². The van der Waals surface area contributed by atoms with Crippen LogP contribution in [-0.4, -0.2) is 21.3 Å². The van der Waals surface area contributed by atoms with Crippen LogP contribution in [0.5, 0.6) is 0 Å². The largest absolute Gasteiger partial charge is 0.478 e. The van der Waals surface area contributed by atoms with Gasteiger partial charge in [0.25, 0.3) is 0 Å². The summed E-state index contributed by atoms with van der Waals surface area (Å²) in [5, 5.41) is 17.4. The van der Waals surface area contributed by atoms with Gasteiger partial charge in [-0.25, -0.2) is 4.79 Å². The van der Waals surface area contributed by atoms with Gasteiger partial charge in [0.05, 0.1) is 6.20 Å². The third-order valence-electron chi connectivity index (χ3n) is 3.66. The zero-order valence-electron chi connectivity index (χ0n) is 13.0. The first kappa shape index (κ1) is 15.7. The number of carbonyl (C=O) groups is 1.